The van der Waals surface area contributed by atoms with Gasteiger partial charge in [0, 0.05) is 5.69 Å². The number of halogens is 1. The van der Waals surface area contributed by atoms with Crippen LogP contribution in [0.1, 0.15) is 11.1 Å². The van der Waals surface area contributed by atoms with Crippen LogP contribution in [0.2, 0.25) is 0 Å². The lowest BCUT2D eigenvalue weighted by Gasteiger charge is -2.09. The molecule has 0 saturated carbocycles. The summed E-state index contributed by atoms with van der Waals surface area (Å²) < 4.78 is 37.5. The molecule has 2 rings (SSSR count). The summed E-state index contributed by atoms with van der Waals surface area (Å²) in [5, 5.41) is 2.43. The van der Waals surface area contributed by atoms with Gasteiger partial charge in [-0.2, -0.15) is 0 Å². The molecule has 0 radical (unpaired) electrons. The minimum atomic E-state index is -3.73. The second-order valence-electron chi connectivity index (χ2n) is 5.08. The Morgan fingerprint density at radius 2 is 1.73 bits per heavy atom. The van der Waals surface area contributed by atoms with E-state index in [0.717, 1.165) is 11.6 Å². The first kappa shape index (κ1) is 16.2. The smallest absolute Gasteiger partial charge is 0.239 e. The molecule has 6 heteroatoms. The molecule has 0 heterocycles. The van der Waals surface area contributed by atoms with E-state index in [2.05, 4.69) is 5.32 Å². The van der Waals surface area contributed by atoms with Crippen LogP contribution < -0.4 is 5.32 Å². The Balaban J connectivity index is 2.14. The Bertz CT molecular complexity index is 799. The molecule has 0 aliphatic heterocycles. The third-order valence-electron chi connectivity index (χ3n) is 3.17. The Hall–Kier alpha value is -2.21. The molecule has 2 aromatic rings. The van der Waals surface area contributed by atoms with E-state index in [9.17, 15) is 17.6 Å². The summed E-state index contributed by atoms with van der Waals surface area (Å²) in [7, 11) is -3.73. The topological polar surface area (TPSA) is 63.2 Å². The Morgan fingerprint density at radius 3 is 2.36 bits per heavy atom. The average molecular weight is 321 g/mol. The molecule has 0 saturated heterocycles. The van der Waals surface area contributed by atoms with Gasteiger partial charge in [0.1, 0.15) is 11.6 Å². The monoisotopic (exact) mass is 321 g/mol. The quantitative estimate of drug-likeness (QED) is 0.942. The van der Waals surface area contributed by atoms with Crippen LogP contribution in [-0.4, -0.2) is 20.1 Å². The molecule has 116 valence electrons. The maximum Gasteiger partial charge on any atom is 0.239 e. The number of hydrogen-bond acceptors (Lipinski definition) is 3. The number of nitrogens with one attached hydrogen (secondary N) is 1. The highest BCUT2D eigenvalue weighted by Gasteiger charge is 2.19. The van der Waals surface area contributed by atoms with Gasteiger partial charge in [0.2, 0.25) is 5.91 Å². The molecule has 0 fully saturated rings. The van der Waals surface area contributed by atoms with Crippen molar-refractivity contribution >= 4 is 21.4 Å². The van der Waals surface area contributed by atoms with E-state index < -0.39 is 27.3 Å². The highest BCUT2D eigenvalue weighted by Crippen LogP contribution is 2.17. The van der Waals surface area contributed by atoms with E-state index in [1.165, 1.54) is 24.3 Å². The van der Waals surface area contributed by atoms with Crippen LogP contribution in [0.4, 0.5) is 10.1 Å². The Morgan fingerprint density at radius 1 is 1.09 bits per heavy atom. The standard InChI is InChI=1S/C16H16FNO3S/c1-11-3-7-14(8-4-11)22(20,21)10-16(19)18-15-9-13(17)6-5-12(15)2/h3-9H,10H2,1-2H3,(H,18,19). The van der Waals surface area contributed by atoms with Gasteiger partial charge in [-0.25, -0.2) is 12.8 Å². The highest BCUT2D eigenvalue weighted by atomic mass is 32.2. The number of carbonyl (C=O) groups excluding carboxylic acids is 1. The summed E-state index contributed by atoms with van der Waals surface area (Å²) in [4.78, 5) is 12.0. The largest absolute Gasteiger partial charge is 0.325 e. The Labute approximate surface area is 128 Å². The molecule has 4 nitrogen and oxygen atoms in total. The first-order valence-electron chi connectivity index (χ1n) is 6.63. The molecule has 1 N–H and O–H groups in total. The zero-order chi connectivity index (χ0) is 16.3. The van der Waals surface area contributed by atoms with Gasteiger partial charge in [-0.15, -0.1) is 0 Å². The molecule has 22 heavy (non-hydrogen) atoms. The lowest BCUT2D eigenvalue weighted by molar-refractivity contribution is -0.113. The van der Waals surface area contributed by atoms with Crippen LogP contribution in [0, 0.1) is 19.7 Å². The minimum absolute atomic E-state index is 0.0872. The van der Waals surface area contributed by atoms with Crippen molar-refractivity contribution < 1.29 is 17.6 Å². The third kappa shape index (κ3) is 3.92. The van der Waals surface area contributed by atoms with E-state index in [1.54, 1.807) is 19.1 Å². The SMILES string of the molecule is Cc1ccc(S(=O)(=O)CC(=O)Nc2cc(F)ccc2C)cc1. The second-order valence-corrected chi connectivity index (χ2v) is 7.07. The molecule has 0 spiro atoms. The molecule has 0 atom stereocenters. The van der Waals surface area contributed by atoms with Gasteiger partial charge < -0.3 is 5.32 Å². The molecular weight excluding hydrogens is 305 g/mol. The summed E-state index contributed by atoms with van der Waals surface area (Å²) in [6, 6.07) is 10.2. The van der Waals surface area contributed by atoms with Gasteiger partial charge in [0.25, 0.3) is 0 Å². The number of rotatable bonds is 4. The van der Waals surface area contributed by atoms with E-state index in [1.807, 2.05) is 6.92 Å². The normalized spacial score (nSPS) is 11.2. The molecule has 1 amide bonds. The van der Waals surface area contributed by atoms with Crippen LogP contribution in [0.5, 0.6) is 0 Å². The first-order chi connectivity index (χ1) is 10.3. The fourth-order valence-corrected chi connectivity index (χ4v) is 3.05. The summed E-state index contributed by atoms with van der Waals surface area (Å²) in [6.45, 7) is 3.54. The maximum absolute atomic E-state index is 13.2. The van der Waals surface area contributed by atoms with Gasteiger partial charge in [-0.05, 0) is 43.7 Å². The molecular formula is C16H16FNO3S. The van der Waals surface area contributed by atoms with Crippen molar-refractivity contribution in [2.45, 2.75) is 18.7 Å². The molecule has 0 unspecified atom stereocenters. The number of anilines is 1. The highest BCUT2D eigenvalue weighted by molar-refractivity contribution is 7.92. The van der Waals surface area contributed by atoms with Crippen molar-refractivity contribution in [1.29, 1.82) is 0 Å². The van der Waals surface area contributed by atoms with Crippen LogP contribution in [0.3, 0.4) is 0 Å². The molecule has 0 aromatic heterocycles. The average Bonchev–Trinajstić information content (AvgIpc) is 2.42. The molecule has 0 aliphatic rings. The summed E-state index contributed by atoms with van der Waals surface area (Å²) in [6.07, 6.45) is 0. The molecule has 0 aliphatic carbocycles. The number of sulfone groups is 1. The van der Waals surface area contributed by atoms with Crippen molar-refractivity contribution in [3.63, 3.8) is 0 Å². The third-order valence-corrected chi connectivity index (χ3v) is 4.81. The summed E-state index contributed by atoms with van der Waals surface area (Å²) >= 11 is 0. The zero-order valence-corrected chi connectivity index (χ0v) is 13.1. The molecule has 2 aromatic carbocycles. The maximum atomic E-state index is 13.2. The Kier molecular flexibility index (Phi) is 4.61. The van der Waals surface area contributed by atoms with E-state index in [-0.39, 0.29) is 10.6 Å². The lowest BCUT2D eigenvalue weighted by Crippen LogP contribution is -2.23. The summed E-state index contributed by atoms with van der Waals surface area (Å²) in [5.74, 6) is -1.89. The minimum Gasteiger partial charge on any atom is -0.325 e. The summed E-state index contributed by atoms with van der Waals surface area (Å²) in [5.41, 5.74) is 1.85. The predicted octanol–water partition coefficient (Wildman–Crippen LogP) is 2.85. The van der Waals surface area contributed by atoms with Crippen molar-refractivity contribution in [2.75, 3.05) is 11.1 Å². The fraction of sp³-hybridized carbons (Fsp3) is 0.188. The van der Waals surface area contributed by atoms with E-state index in [0.29, 0.717) is 5.56 Å². The van der Waals surface area contributed by atoms with Crippen molar-refractivity contribution in [1.82, 2.24) is 0 Å². The van der Waals surface area contributed by atoms with Gasteiger partial charge in [0.05, 0.1) is 4.90 Å². The second kappa shape index (κ2) is 6.27. The number of benzene rings is 2. The predicted molar refractivity (Wildman–Crippen MR) is 83.0 cm³/mol. The molecule has 0 bridgehead atoms. The van der Waals surface area contributed by atoms with Crippen molar-refractivity contribution in [3.05, 3.63) is 59.4 Å². The lowest BCUT2D eigenvalue weighted by atomic mass is 10.2. The van der Waals surface area contributed by atoms with E-state index >= 15 is 0 Å². The first-order valence-corrected chi connectivity index (χ1v) is 8.28. The number of aryl methyl sites for hydroxylation is 2. The van der Waals surface area contributed by atoms with Gasteiger partial charge >= 0.3 is 0 Å². The fourth-order valence-electron chi connectivity index (χ4n) is 1.92. The number of amides is 1. The van der Waals surface area contributed by atoms with E-state index in [4.69, 9.17) is 0 Å². The van der Waals surface area contributed by atoms with Crippen LogP contribution in [0.15, 0.2) is 47.4 Å². The van der Waals surface area contributed by atoms with Crippen LogP contribution >= 0.6 is 0 Å². The van der Waals surface area contributed by atoms with Crippen LogP contribution in [-0.2, 0) is 14.6 Å². The number of carbonyl (C=O) groups is 1. The van der Waals surface area contributed by atoms with Gasteiger partial charge in [0.15, 0.2) is 9.84 Å². The van der Waals surface area contributed by atoms with Gasteiger partial charge in [-0.1, -0.05) is 23.8 Å². The van der Waals surface area contributed by atoms with Crippen molar-refractivity contribution in [2.24, 2.45) is 0 Å². The zero-order valence-electron chi connectivity index (χ0n) is 12.3. The number of hydrogen-bond donors (Lipinski definition) is 1. The van der Waals surface area contributed by atoms with Crippen LogP contribution in [0.25, 0.3) is 0 Å². The van der Waals surface area contributed by atoms with Crippen molar-refractivity contribution in [3.8, 4) is 0 Å². The van der Waals surface area contributed by atoms with Gasteiger partial charge in [-0.3, -0.25) is 4.79 Å².